The summed E-state index contributed by atoms with van der Waals surface area (Å²) < 4.78 is 7.18. The molecular weight excluding hydrogens is 128 g/mol. The van der Waals surface area contributed by atoms with E-state index in [-0.39, 0.29) is 6.10 Å². The number of ether oxygens (including phenoxy) is 1. The van der Waals surface area contributed by atoms with Crippen LogP contribution in [0.25, 0.3) is 0 Å². The lowest BCUT2D eigenvalue weighted by molar-refractivity contribution is 0.215. The second-order valence-corrected chi connectivity index (χ2v) is 2.49. The zero-order valence-electron chi connectivity index (χ0n) is 6.53. The van der Waals surface area contributed by atoms with Gasteiger partial charge in [-0.3, -0.25) is 0 Å². The van der Waals surface area contributed by atoms with E-state index < -0.39 is 0 Å². The van der Waals surface area contributed by atoms with Gasteiger partial charge in [-0.05, 0) is 13.8 Å². The van der Waals surface area contributed by atoms with Crippen LogP contribution in [-0.2, 0) is 7.05 Å². The Morgan fingerprint density at radius 2 is 2.30 bits per heavy atom. The fraction of sp³-hybridized carbons (Fsp3) is 0.571. The Bertz CT molecular complexity index is 205. The summed E-state index contributed by atoms with van der Waals surface area (Å²) in [5, 5.41) is 0. The van der Waals surface area contributed by atoms with E-state index >= 15 is 0 Å². The van der Waals surface area contributed by atoms with E-state index in [1.807, 2.05) is 31.7 Å². The van der Waals surface area contributed by atoms with Gasteiger partial charge in [0.25, 0.3) is 6.01 Å². The molecule has 0 radical (unpaired) electrons. The van der Waals surface area contributed by atoms with Crippen LogP contribution in [0.2, 0.25) is 0 Å². The molecule has 10 heavy (non-hydrogen) atoms. The molecule has 0 bridgehead atoms. The predicted molar refractivity (Wildman–Crippen MR) is 39.0 cm³/mol. The summed E-state index contributed by atoms with van der Waals surface area (Å²) in [5.74, 6) is 0. The smallest absolute Gasteiger partial charge is 0.296 e. The third kappa shape index (κ3) is 1.50. The predicted octanol–water partition coefficient (Wildman–Crippen LogP) is 1.21. The van der Waals surface area contributed by atoms with E-state index in [1.54, 1.807) is 6.20 Å². The van der Waals surface area contributed by atoms with Crippen LogP contribution >= 0.6 is 0 Å². The molecule has 0 aliphatic carbocycles. The van der Waals surface area contributed by atoms with Gasteiger partial charge in [-0.25, -0.2) is 4.98 Å². The van der Waals surface area contributed by atoms with Crippen molar-refractivity contribution < 1.29 is 4.74 Å². The fourth-order valence-electron chi connectivity index (χ4n) is 0.676. The zero-order valence-corrected chi connectivity index (χ0v) is 6.53. The first-order valence-corrected chi connectivity index (χ1v) is 3.34. The highest BCUT2D eigenvalue weighted by atomic mass is 16.5. The second kappa shape index (κ2) is 2.73. The lowest BCUT2D eigenvalue weighted by Gasteiger charge is -2.07. The minimum Gasteiger partial charge on any atom is -0.462 e. The Morgan fingerprint density at radius 1 is 1.60 bits per heavy atom. The maximum Gasteiger partial charge on any atom is 0.296 e. The van der Waals surface area contributed by atoms with Gasteiger partial charge in [0.2, 0.25) is 0 Å². The van der Waals surface area contributed by atoms with Gasteiger partial charge < -0.3 is 9.30 Å². The summed E-state index contributed by atoms with van der Waals surface area (Å²) in [5.41, 5.74) is 0. The van der Waals surface area contributed by atoms with Crippen LogP contribution in [0.1, 0.15) is 13.8 Å². The van der Waals surface area contributed by atoms with Crippen LogP contribution < -0.4 is 4.74 Å². The summed E-state index contributed by atoms with van der Waals surface area (Å²) in [4.78, 5) is 4.00. The summed E-state index contributed by atoms with van der Waals surface area (Å²) in [6.07, 6.45) is 3.77. The Labute approximate surface area is 60.6 Å². The number of aromatic nitrogens is 2. The standard InChI is InChI=1S/C7H12N2O/c1-6(2)10-7-8-4-5-9(7)3/h4-6H,1-3H3. The zero-order chi connectivity index (χ0) is 7.56. The average molecular weight is 140 g/mol. The molecule has 56 valence electrons. The van der Waals surface area contributed by atoms with Crippen molar-refractivity contribution in [1.82, 2.24) is 9.55 Å². The van der Waals surface area contributed by atoms with Crippen molar-refractivity contribution in [2.45, 2.75) is 20.0 Å². The molecule has 0 unspecified atom stereocenters. The number of hydrogen-bond donors (Lipinski definition) is 0. The first-order chi connectivity index (χ1) is 4.70. The molecule has 1 aromatic rings. The lowest BCUT2D eigenvalue weighted by Crippen LogP contribution is -2.08. The molecular formula is C7H12N2O. The number of rotatable bonds is 2. The molecule has 3 nitrogen and oxygen atoms in total. The van der Waals surface area contributed by atoms with Crippen LogP contribution in [0.4, 0.5) is 0 Å². The number of nitrogens with zero attached hydrogens (tertiary/aromatic N) is 2. The van der Waals surface area contributed by atoms with Crippen LogP contribution in [0.5, 0.6) is 6.01 Å². The molecule has 3 heteroatoms. The highest BCUT2D eigenvalue weighted by molar-refractivity contribution is 4.96. The first kappa shape index (κ1) is 7.12. The summed E-state index contributed by atoms with van der Waals surface area (Å²) >= 11 is 0. The third-order valence-corrected chi connectivity index (χ3v) is 1.12. The molecule has 0 aromatic carbocycles. The number of aryl methyl sites for hydroxylation is 1. The van der Waals surface area contributed by atoms with Gasteiger partial charge >= 0.3 is 0 Å². The molecule has 0 fully saturated rings. The number of imidazole rings is 1. The van der Waals surface area contributed by atoms with Crippen molar-refractivity contribution in [1.29, 1.82) is 0 Å². The van der Waals surface area contributed by atoms with Crippen LogP contribution in [-0.4, -0.2) is 15.7 Å². The maximum atomic E-state index is 5.34. The van der Waals surface area contributed by atoms with E-state index in [9.17, 15) is 0 Å². The Hall–Kier alpha value is -0.990. The SMILES string of the molecule is CC(C)Oc1nccn1C. The molecule has 0 saturated heterocycles. The Kier molecular flexibility index (Phi) is 1.94. The van der Waals surface area contributed by atoms with Gasteiger partial charge in [-0.1, -0.05) is 0 Å². The average Bonchev–Trinajstić information content (AvgIpc) is 2.15. The largest absolute Gasteiger partial charge is 0.462 e. The van der Waals surface area contributed by atoms with E-state index in [1.165, 1.54) is 0 Å². The lowest BCUT2D eigenvalue weighted by atomic mass is 10.5. The molecule has 1 rings (SSSR count). The minimum absolute atomic E-state index is 0.195. The highest BCUT2D eigenvalue weighted by Gasteiger charge is 2.00. The van der Waals surface area contributed by atoms with Crippen molar-refractivity contribution in [3.05, 3.63) is 12.4 Å². The van der Waals surface area contributed by atoms with Crippen LogP contribution in [0.3, 0.4) is 0 Å². The topological polar surface area (TPSA) is 27.1 Å². The Morgan fingerprint density at radius 3 is 2.70 bits per heavy atom. The van der Waals surface area contributed by atoms with Crippen molar-refractivity contribution >= 4 is 0 Å². The minimum atomic E-state index is 0.195. The Balaban J connectivity index is 2.65. The maximum absolute atomic E-state index is 5.34. The van der Waals surface area contributed by atoms with Gasteiger partial charge in [0.05, 0.1) is 6.10 Å². The normalized spacial score (nSPS) is 10.4. The van der Waals surface area contributed by atoms with Crippen molar-refractivity contribution in [2.24, 2.45) is 7.05 Å². The van der Waals surface area contributed by atoms with Gasteiger partial charge in [0.1, 0.15) is 0 Å². The molecule has 1 heterocycles. The third-order valence-electron chi connectivity index (χ3n) is 1.12. The molecule has 1 aromatic heterocycles. The molecule has 0 aliphatic heterocycles. The van der Waals surface area contributed by atoms with Crippen LogP contribution in [0.15, 0.2) is 12.4 Å². The van der Waals surface area contributed by atoms with E-state index in [0.29, 0.717) is 6.01 Å². The van der Waals surface area contributed by atoms with Gasteiger partial charge in [-0.2, -0.15) is 0 Å². The summed E-state index contributed by atoms with van der Waals surface area (Å²) in [7, 11) is 1.91. The van der Waals surface area contributed by atoms with Gasteiger partial charge in [0, 0.05) is 19.4 Å². The van der Waals surface area contributed by atoms with E-state index in [0.717, 1.165) is 0 Å². The van der Waals surface area contributed by atoms with E-state index in [4.69, 9.17) is 4.74 Å². The quantitative estimate of drug-likeness (QED) is 0.617. The molecule has 0 atom stereocenters. The van der Waals surface area contributed by atoms with E-state index in [2.05, 4.69) is 4.98 Å². The summed E-state index contributed by atoms with van der Waals surface area (Å²) in [6.45, 7) is 3.96. The molecule has 0 spiro atoms. The second-order valence-electron chi connectivity index (χ2n) is 2.49. The van der Waals surface area contributed by atoms with Gasteiger partial charge in [-0.15, -0.1) is 0 Å². The monoisotopic (exact) mass is 140 g/mol. The van der Waals surface area contributed by atoms with Gasteiger partial charge in [0.15, 0.2) is 0 Å². The van der Waals surface area contributed by atoms with Crippen molar-refractivity contribution in [3.8, 4) is 6.01 Å². The fourth-order valence-corrected chi connectivity index (χ4v) is 0.676. The molecule has 0 saturated carbocycles. The molecule has 0 amide bonds. The highest BCUT2D eigenvalue weighted by Crippen LogP contribution is 2.05. The molecule has 0 aliphatic rings. The van der Waals surface area contributed by atoms with Crippen molar-refractivity contribution in [2.75, 3.05) is 0 Å². The van der Waals surface area contributed by atoms with Crippen molar-refractivity contribution in [3.63, 3.8) is 0 Å². The number of hydrogen-bond acceptors (Lipinski definition) is 2. The summed E-state index contributed by atoms with van der Waals surface area (Å²) in [6, 6.07) is 0.676. The first-order valence-electron chi connectivity index (χ1n) is 3.34. The van der Waals surface area contributed by atoms with Crippen LogP contribution in [0, 0.1) is 0 Å². The molecule has 0 N–H and O–H groups in total.